The number of sulfonamides is 1. The second-order valence-electron chi connectivity index (χ2n) is 5.81. The third-order valence-electron chi connectivity index (χ3n) is 3.81. The van der Waals surface area contributed by atoms with E-state index in [-0.39, 0.29) is 17.2 Å². The van der Waals surface area contributed by atoms with Gasteiger partial charge in [0, 0.05) is 31.5 Å². The number of nitrogens with one attached hydrogen (secondary N) is 2. The average Bonchev–Trinajstić information content (AvgIpc) is 2.66. The number of carbonyl (C=O) groups excluding carboxylic acids is 1. The van der Waals surface area contributed by atoms with Crippen molar-refractivity contribution in [3.63, 3.8) is 0 Å². The van der Waals surface area contributed by atoms with Gasteiger partial charge in [-0.1, -0.05) is 18.2 Å². The van der Waals surface area contributed by atoms with E-state index in [0.717, 1.165) is 5.56 Å². The van der Waals surface area contributed by atoms with Gasteiger partial charge in [-0.25, -0.2) is 13.1 Å². The summed E-state index contributed by atoms with van der Waals surface area (Å²) in [5.41, 5.74) is 1.30. The van der Waals surface area contributed by atoms with Crippen LogP contribution in [0.1, 0.15) is 12.0 Å². The molecule has 146 valence electrons. The molecule has 0 aliphatic carbocycles. The molecule has 2 N–H and O–H groups in total. The molecule has 0 fully saturated rings. The fraction of sp³-hybridized carbons (Fsp3) is 0.316. The zero-order valence-corrected chi connectivity index (χ0v) is 16.2. The average molecular weight is 392 g/mol. The Morgan fingerprint density at radius 1 is 1.04 bits per heavy atom. The van der Waals surface area contributed by atoms with Crippen molar-refractivity contribution < 1.29 is 22.7 Å². The molecule has 0 aliphatic rings. The molecule has 2 rings (SSSR count). The number of methoxy groups -OCH3 is 2. The topological polar surface area (TPSA) is 93.7 Å². The first-order valence-electron chi connectivity index (χ1n) is 8.46. The van der Waals surface area contributed by atoms with Crippen LogP contribution in [0.4, 0.5) is 5.69 Å². The molecule has 0 unspecified atom stereocenters. The lowest BCUT2D eigenvalue weighted by atomic mass is 10.1. The van der Waals surface area contributed by atoms with Gasteiger partial charge in [0.1, 0.15) is 5.75 Å². The fourth-order valence-corrected chi connectivity index (χ4v) is 3.53. The minimum atomic E-state index is -3.58. The maximum absolute atomic E-state index is 12.2. The van der Waals surface area contributed by atoms with Crippen molar-refractivity contribution in [1.82, 2.24) is 4.72 Å². The fourth-order valence-electron chi connectivity index (χ4n) is 2.45. The molecule has 0 aliphatic heterocycles. The molecule has 0 saturated carbocycles. The van der Waals surface area contributed by atoms with E-state index in [1.165, 1.54) is 12.1 Å². The SMILES string of the molecule is COCCCNS(=O)(=O)c1ccc(NC(=O)Cc2ccccc2OC)cc1. The van der Waals surface area contributed by atoms with Gasteiger partial charge in [-0.2, -0.15) is 0 Å². The number of hydrogen-bond donors (Lipinski definition) is 2. The third-order valence-corrected chi connectivity index (χ3v) is 5.29. The van der Waals surface area contributed by atoms with Crippen LogP contribution in [0, 0.1) is 0 Å². The summed E-state index contributed by atoms with van der Waals surface area (Å²) in [4.78, 5) is 12.4. The lowest BCUT2D eigenvalue weighted by Gasteiger charge is -2.10. The quantitative estimate of drug-likeness (QED) is 0.605. The number of carbonyl (C=O) groups is 1. The molecule has 0 atom stereocenters. The maximum atomic E-state index is 12.2. The highest BCUT2D eigenvalue weighted by atomic mass is 32.2. The van der Waals surface area contributed by atoms with Crippen LogP contribution >= 0.6 is 0 Å². The summed E-state index contributed by atoms with van der Waals surface area (Å²) >= 11 is 0. The number of anilines is 1. The molecular weight excluding hydrogens is 368 g/mol. The first-order valence-corrected chi connectivity index (χ1v) is 9.95. The molecule has 27 heavy (non-hydrogen) atoms. The van der Waals surface area contributed by atoms with E-state index < -0.39 is 10.0 Å². The number of para-hydroxylation sites is 1. The summed E-state index contributed by atoms with van der Waals surface area (Å²) in [5.74, 6) is 0.432. The smallest absolute Gasteiger partial charge is 0.240 e. The highest BCUT2D eigenvalue weighted by Gasteiger charge is 2.14. The molecular formula is C19H24N2O5S. The zero-order chi connectivity index (χ0) is 19.7. The van der Waals surface area contributed by atoms with Crippen LogP contribution in [0.3, 0.4) is 0 Å². The molecule has 0 radical (unpaired) electrons. The molecule has 0 heterocycles. The second-order valence-corrected chi connectivity index (χ2v) is 7.57. The summed E-state index contributed by atoms with van der Waals surface area (Å²) in [6.07, 6.45) is 0.748. The lowest BCUT2D eigenvalue weighted by molar-refractivity contribution is -0.115. The Hall–Kier alpha value is -2.42. The largest absolute Gasteiger partial charge is 0.496 e. The van der Waals surface area contributed by atoms with Gasteiger partial charge in [-0.05, 0) is 36.8 Å². The van der Waals surface area contributed by atoms with Gasteiger partial charge in [0.25, 0.3) is 0 Å². The van der Waals surface area contributed by atoms with Gasteiger partial charge in [0.05, 0.1) is 18.4 Å². The Bertz CT molecular complexity index is 851. The van der Waals surface area contributed by atoms with Gasteiger partial charge in [-0.3, -0.25) is 4.79 Å². The van der Waals surface area contributed by atoms with E-state index in [9.17, 15) is 13.2 Å². The van der Waals surface area contributed by atoms with Crippen molar-refractivity contribution in [3.05, 3.63) is 54.1 Å². The van der Waals surface area contributed by atoms with Crippen LogP contribution in [0.25, 0.3) is 0 Å². The normalized spacial score (nSPS) is 11.2. The number of benzene rings is 2. The number of amides is 1. The number of ether oxygens (including phenoxy) is 2. The van der Waals surface area contributed by atoms with Crippen LogP contribution in [0.15, 0.2) is 53.4 Å². The van der Waals surface area contributed by atoms with E-state index >= 15 is 0 Å². The van der Waals surface area contributed by atoms with E-state index in [0.29, 0.717) is 31.0 Å². The minimum Gasteiger partial charge on any atom is -0.496 e. The molecule has 7 nitrogen and oxygen atoms in total. The Morgan fingerprint density at radius 2 is 1.74 bits per heavy atom. The first kappa shape index (κ1) is 20.9. The molecule has 0 spiro atoms. The molecule has 0 bridgehead atoms. The van der Waals surface area contributed by atoms with Crippen LogP contribution in [-0.2, 0) is 26.0 Å². The van der Waals surface area contributed by atoms with Crippen LogP contribution in [0.5, 0.6) is 5.75 Å². The van der Waals surface area contributed by atoms with E-state index in [1.807, 2.05) is 18.2 Å². The summed E-state index contributed by atoms with van der Waals surface area (Å²) < 4.78 is 37.0. The van der Waals surface area contributed by atoms with E-state index in [2.05, 4.69) is 10.0 Å². The zero-order valence-electron chi connectivity index (χ0n) is 15.4. The molecule has 8 heteroatoms. The number of hydrogen-bond acceptors (Lipinski definition) is 5. The molecule has 0 aromatic heterocycles. The maximum Gasteiger partial charge on any atom is 0.240 e. The minimum absolute atomic E-state index is 0.141. The highest BCUT2D eigenvalue weighted by molar-refractivity contribution is 7.89. The van der Waals surface area contributed by atoms with Gasteiger partial charge in [0.2, 0.25) is 15.9 Å². The predicted molar refractivity (Wildman–Crippen MR) is 103 cm³/mol. The van der Waals surface area contributed by atoms with Crippen molar-refractivity contribution >= 4 is 21.6 Å². The van der Waals surface area contributed by atoms with Gasteiger partial charge < -0.3 is 14.8 Å². The van der Waals surface area contributed by atoms with Crippen molar-refractivity contribution in [1.29, 1.82) is 0 Å². The third kappa shape index (κ3) is 6.35. The Morgan fingerprint density at radius 3 is 2.41 bits per heavy atom. The van der Waals surface area contributed by atoms with Crippen molar-refractivity contribution in [3.8, 4) is 5.75 Å². The highest BCUT2D eigenvalue weighted by Crippen LogP contribution is 2.19. The van der Waals surface area contributed by atoms with Crippen molar-refractivity contribution in [2.75, 3.05) is 32.7 Å². The van der Waals surface area contributed by atoms with Crippen LogP contribution in [0.2, 0.25) is 0 Å². The molecule has 2 aromatic rings. The predicted octanol–water partition coefficient (Wildman–Crippen LogP) is 2.19. The van der Waals surface area contributed by atoms with Crippen LogP contribution < -0.4 is 14.8 Å². The van der Waals surface area contributed by atoms with E-state index in [1.54, 1.807) is 32.4 Å². The van der Waals surface area contributed by atoms with Crippen LogP contribution in [-0.4, -0.2) is 41.7 Å². The van der Waals surface area contributed by atoms with Gasteiger partial charge in [0.15, 0.2) is 0 Å². The van der Waals surface area contributed by atoms with E-state index in [4.69, 9.17) is 9.47 Å². The molecule has 2 aromatic carbocycles. The Balaban J connectivity index is 1.95. The first-order chi connectivity index (χ1) is 13.0. The van der Waals surface area contributed by atoms with Crippen molar-refractivity contribution in [2.24, 2.45) is 0 Å². The number of rotatable bonds is 10. The molecule has 0 saturated heterocycles. The summed E-state index contributed by atoms with van der Waals surface area (Å²) in [6.45, 7) is 0.785. The lowest BCUT2D eigenvalue weighted by Crippen LogP contribution is -2.25. The second kappa shape index (κ2) is 10.1. The standard InChI is InChI=1S/C19H24N2O5S/c1-25-13-5-12-20-27(23,24)17-10-8-16(9-11-17)21-19(22)14-15-6-3-4-7-18(15)26-2/h3-4,6-11,20H,5,12-14H2,1-2H3,(H,21,22). The van der Waals surface area contributed by atoms with Gasteiger partial charge in [-0.15, -0.1) is 0 Å². The molecule has 1 amide bonds. The summed E-state index contributed by atoms with van der Waals surface area (Å²) in [5, 5.41) is 2.75. The van der Waals surface area contributed by atoms with Gasteiger partial charge >= 0.3 is 0 Å². The van der Waals surface area contributed by atoms with Crippen molar-refractivity contribution in [2.45, 2.75) is 17.7 Å². The Kier molecular flexibility index (Phi) is 7.78. The summed E-state index contributed by atoms with van der Waals surface area (Å²) in [6, 6.07) is 13.3. The Labute approximate surface area is 159 Å². The summed E-state index contributed by atoms with van der Waals surface area (Å²) in [7, 11) is -0.459. The monoisotopic (exact) mass is 392 g/mol.